The van der Waals surface area contributed by atoms with E-state index in [1.165, 1.54) is 15.6 Å². The van der Waals surface area contributed by atoms with Gasteiger partial charge in [0.05, 0.1) is 51.6 Å². The molecule has 1 heterocycles. The molecule has 0 aliphatic carbocycles. The van der Waals surface area contributed by atoms with Gasteiger partial charge in [-0.05, 0) is 80.9 Å². The van der Waals surface area contributed by atoms with Gasteiger partial charge in [-0.15, -0.1) is 0 Å². The molecule has 0 N–H and O–H groups in total. The largest absolute Gasteiger partial charge is 0.309 e. The van der Waals surface area contributed by atoms with Crippen LogP contribution in [0.4, 0.5) is 0 Å². The van der Waals surface area contributed by atoms with Gasteiger partial charge in [0.25, 0.3) is 0 Å². The van der Waals surface area contributed by atoms with Crippen molar-refractivity contribution in [2.75, 3.05) is 0 Å². The van der Waals surface area contributed by atoms with Crippen LogP contribution >= 0.6 is 0 Å². The van der Waals surface area contributed by atoms with E-state index in [1.54, 1.807) is 0 Å². The Balaban J connectivity index is 1.49. The second-order valence-electron chi connectivity index (χ2n) is 12.3. The summed E-state index contributed by atoms with van der Waals surface area (Å²) in [5, 5.41) is 36.3. The number of benzene rings is 7. The zero-order chi connectivity index (χ0) is 34.1. The van der Waals surface area contributed by atoms with Crippen molar-refractivity contribution in [2.45, 2.75) is 0 Å². The average Bonchev–Trinajstić information content (AvgIpc) is 3.52. The van der Waals surface area contributed by atoms with Crippen molar-refractivity contribution in [2.24, 2.45) is 0 Å². The van der Waals surface area contributed by atoms with E-state index in [0.717, 1.165) is 43.8 Å². The molecule has 0 amide bonds. The Morgan fingerprint density at radius 3 is 1.46 bits per heavy atom. The first-order chi connectivity index (χ1) is 24.7. The van der Waals surface area contributed by atoms with Crippen molar-refractivity contribution in [3.63, 3.8) is 0 Å². The first-order valence-corrected chi connectivity index (χ1v) is 18.4. The molecule has 0 atom stereocenters. The van der Waals surface area contributed by atoms with Crippen LogP contribution in [0.2, 0.25) is 0 Å². The summed E-state index contributed by atoms with van der Waals surface area (Å²) in [6.07, 6.45) is 0. The molecule has 0 saturated heterocycles. The minimum Gasteiger partial charge on any atom is -0.309 e. The monoisotopic (exact) mass is 652 g/mol. The maximum Gasteiger partial charge on any atom is 0.180 e. The zero-order valence-electron chi connectivity index (χ0n) is 27.0. The predicted octanol–water partition coefficient (Wildman–Crippen LogP) is 7.44. The third kappa shape index (κ3) is 4.80. The Labute approximate surface area is 291 Å². The van der Waals surface area contributed by atoms with Gasteiger partial charge in [0, 0.05) is 16.3 Å². The molecule has 0 unspecified atom stereocenters. The molecule has 5 heteroatoms. The van der Waals surface area contributed by atoms with E-state index in [-0.39, 0.29) is 0 Å². The van der Waals surface area contributed by atoms with Gasteiger partial charge in [-0.1, -0.05) is 115 Å². The number of nitrogens with zero attached hydrogens (tertiary/aromatic N) is 4. The number of aromatic nitrogens is 1. The fraction of sp³-hybridized carbons (Fsp3) is 0. The molecule has 232 valence electrons. The summed E-state index contributed by atoms with van der Waals surface area (Å²) in [7, 11) is -3.05. The lowest BCUT2D eigenvalue weighted by molar-refractivity contribution is 1.18. The fourth-order valence-corrected chi connectivity index (χ4v) is 12.5. The summed E-state index contributed by atoms with van der Waals surface area (Å²) in [6, 6.07) is 65.2. The molecule has 0 bridgehead atoms. The van der Waals surface area contributed by atoms with Crippen LogP contribution in [0, 0.1) is 34.0 Å². The molecule has 0 fully saturated rings. The Kier molecular flexibility index (Phi) is 7.63. The minimum atomic E-state index is -3.05. The van der Waals surface area contributed by atoms with Crippen LogP contribution in [0.5, 0.6) is 0 Å². The first kappa shape index (κ1) is 30.4. The normalized spacial score (nSPS) is 11.1. The van der Waals surface area contributed by atoms with Gasteiger partial charge in [0.2, 0.25) is 0 Å². The number of nitriles is 3. The second-order valence-corrected chi connectivity index (χ2v) is 16.0. The van der Waals surface area contributed by atoms with Crippen LogP contribution < -0.4 is 20.7 Å². The Morgan fingerprint density at radius 2 is 0.880 bits per heavy atom. The number of rotatable bonds is 6. The van der Waals surface area contributed by atoms with Gasteiger partial charge < -0.3 is 4.57 Å². The van der Waals surface area contributed by atoms with Gasteiger partial charge in [-0.2, -0.15) is 15.8 Å². The summed E-state index contributed by atoms with van der Waals surface area (Å²) in [5.74, 6) is 0. The van der Waals surface area contributed by atoms with Crippen molar-refractivity contribution in [1.29, 1.82) is 15.8 Å². The highest BCUT2D eigenvalue weighted by Crippen LogP contribution is 2.37. The lowest BCUT2D eigenvalue weighted by Gasteiger charge is -2.36. The topological polar surface area (TPSA) is 76.3 Å². The maximum absolute atomic E-state index is 10.1. The van der Waals surface area contributed by atoms with E-state index in [9.17, 15) is 15.8 Å². The Morgan fingerprint density at radius 1 is 0.400 bits per heavy atom. The highest BCUT2D eigenvalue weighted by molar-refractivity contribution is 7.20. The molecule has 4 nitrogen and oxygen atoms in total. The number of hydrogen-bond donors (Lipinski definition) is 0. The highest BCUT2D eigenvalue weighted by Gasteiger charge is 2.43. The summed E-state index contributed by atoms with van der Waals surface area (Å²) in [6.45, 7) is 0. The lowest BCUT2D eigenvalue weighted by Crippen LogP contribution is -2.75. The standard InChI is InChI=1S/C45H28N4Si/c46-29-32-12-11-17-37(26-32)50(35-13-3-1-4-14-35,36-15-5-2-6-16-36)45-21-10-8-19-39(45)38-18-7-9-20-42(38)49-43-24-22-33(30-47)27-40(43)41-28-34(31-48)23-25-44(41)49/h1-28H. The smallest absolute Gasteiger partial charge is 0.180 e. The molecule has 50 heavy (non-hydrogen) atoms. The maximum atomic E-state index is 10.1. The summed E-state index contributed by atoms with van der Waals surface area (Å²) in [4.78, 5) is 0. The van der Waals surface area contributed by atoms with Gasteiger partial charge in [0.15, 0.2) is 8.07 Å². The van der Waals surface area contributed by atoms with Crippen molar-refractivity contribution in [3.8, 4) is 35.0 Å². The van der Waals surface area contributed by atoms with Gasteiger partial charge in [-0.25, -0.2) is 0 Å². The van der Waals surface area contributed by atoms with Gasteiger partial charge in [0.1, 0.15) is 0 Å². The molecule has 8 rings (SSSR count). The SMILES string of the molecule is N#Cc1cccc([Si](c2ccccc2)(c2ccccc2)c2ccccc2-c2ccccc2-n2c3ccc(C#N)cc3c3cc(C#N)ccc32)c1. The van der Waals surface area contributed by atoms with Crippen molar-refractivity contribution < 1.29 is 0 Å². The number of para-hydroxylation sites is 1. The third-order valence-corrected chi connectivity index (χ3v) is 14.4. The van der Waals surface area contributed by atoms with Crippen LogP contribution in [0.3, 0.4) is 0 Å². The van der Waals surface area contributed by atoms with Gasteiger partial charge >= 0.3 is 0 Å². The van der Waals surface area contributed by atoms with E-state index in [0.29, 0.717) is 16.7 Å². The molecule has 7 aromatic carbocycles. The minimum absolute atomic E-state index is 0.568. The highest BCUT2D eigenvalue weighted by atomic mass is 28.3. The molecule has 8 aromatic rings. The zero-order valence-corrected chi connectivity index (χ0v) is 28.0. The molecular formula is C45H28N4Si. The average molecular weight is 653 g/mol. The lowest BCUT2D eigenvalue weighted by atomic mass is 10.0. The number of fused-ring (bicyclic) bond motifs is 3. The summed E-state index contributed by atoms with van der Waals surface area (Å²) in [5.41, 5.74) is 6.81. The van der Waals surface area contributed by atoms with Crippen LogP contribution in [-0.2, 0) is 0 Å². The van der Waals surface area contributed by atoms with Crippen molar-refractivity contribution in [1.82, 2.24) is 4.57 Å². The summed E-state index contributed by atoms with van der Waals surface area (Å²) >= 11 is 0. The molecule has 0 aliphatic rings. The quantitative estimate of drug-likeness (QED) is 0.138. The van der Waals surface area contributed by atoms with E-state index in [4.69, 9.17) is 0 Å². The molecule has 0 saturated carbocycles. The van der Waals surface area contributed by atoms with E-state index in [1.807, 2.05) is 48.5 Å². The van der Waals surface area contributed by atoms with Crippen LogP contribution in [-0.4, -0.2) is 12.6 Å². The fourth-order valence-electron chi connectivity index (χ4n) is 7.53. The van der Waals surface area contributed by atoms with Gasteiger partial charge in [-0.3, -0.25) is 0 Å². The first-order valence-electron chi connectivity index (χ1n) is 16.4. The summed E-state index contributed by atoms with van der Waals surface area (Å²) < 4.78 is 2.25. The molecule has 1 aromatic heterocycles. The van der Waals surface area contributed by atoms with Crippen LogP contribution in [0.15, 0.2) is 170 Å². The van der Waals surface area contributed by atoms with E-state index < -0.39 is 8.07 Å². The van der Waals surface area contributed by atoms with Crippen LogP contribution in [0.1, 0.15) is 16.7 Å². The van der Waals surface area contributed by atoms with E-state index >= 15 is 0 Å². The molecule has 0 radical (unpaired) electrons. The predicted molar refractivity (Wildman–Crippen MR) is 204 cm³/mol. The molecule has 0 spiro atoms. The Hall–Kier alpha value is -6.97. The van der Waals surface area contributed by atoms with Crippen molar-refractivity contribution in [3.05, 3.63) is 187 Å². The van der Waals surface area contributed by atoms with Crippen molar-refractivity contribution >= 4 is 50.6 Å². The molecule has 0 aliphatic heterocycles. The van der Waals surface area contributed by atoms with E-state index in [2.05, 4.69) is 144 Å². The molecular weight excluding hydrogens is 625 g/mol. The number of hydrogen-bond acceptors (Lipinski definition) is 3. The van der Waals surface area contributed by atoms with Crippen LogP contribution in [0.25, 0.3) is 38.6 Å². The third-order valence-electron chi connectivity index (χ3n) is 9.63. The Bertz CT molecular complexity index is 2580. The second kappa shape index (κ2) is 12.6.